The van der Waals surface area contributed by atoms with Gasteiger partial charge in [0.25, 0.3) is 6.43 Å². The van der Waals surface area contributed by atoms with Gasteiger partial charge in [-0.1, -0.05) is 0 Å². The van der Waals surface area contributed by atoms with Gasteiger partial charge in [0.2, 0.25) is 10.0 Å². The quantitative estimate of drug-likeness (QED) is 0.543. The Kier molecular flexibility index (Phi) is 5.04. The van der Waals surface area contributed by atoms with Gasteiger partial charge in [0, 0.05) is 35.5 Å². The predicted molar refractivity (Wildman–Crippen MR) is 124 cm³/mol. The molecule has 1 N–H and O–H groups in total. The molecule has 0 aromatic carbocycles. The summed E-state index contributed by atoms with van der Waals surface area (Å²) in [6.45, 7) is 4.95. The van der Waals surface area contributed by atoms with Gasteiger partial charge in [0.05, 0.1) is 35.4 Å². The highest BCUT2D eigenvalue weighted by atomic mass is 32.2. The van der Waals surface area contributed by atoms with Crippen LogP contribution >= 0.6 is 11.3 Å². The van der Waals surface area contributed by atoms with Crippen LogP contribution in [0.5, 0.6) is 0 Å². The summed E-state index contributed by atoms with van der Waals surface area (Å²) >= 11 is 1.10. The van der Waals surface area contributed by atoms with Crippen molar-refractivity contribution in [3.63, 3.8) is 0 Å². The molecular weight excluding hydrogens is 484 g/mol. The van der Waals surface area contributed by atoms with Crippen LogP contribution in [0.3, 0.4) is 0 Å². The van der Waals surface area contributed by atoms with Crippen LogP contribution in [0.15, 0.2) is 28.6 Å². The minimum absolute atomic E-state index is 0.141. The van der Waals surface area contributed by atoms with Crippen molar-refractivity contribution >= 4 is 32.7 Å². The monoisotopic (exact) mass is 509 g/mol. The fraction of sp³-hybridized carbons (Fsp3) is 0.545. The first-order valence-corrected chi connectivity index (χ1v) is 13.7. The van der Waals surface area contributed by atoms with E-state index in [0.717, 1.165) is 63.3 Å². The molecular formula is C22H25F2N5O3S2. The van der Waals surface area contributed by atoms with Gasteiger partial charge in [0.1, 0.15) is 16.5 Å². The third-order valence-corrected chi connectivity index (χ3v) is 9.72. The number of hydrogen-bond acceptors (Lipinski definition) is 7. The fourth-order valence-electron chi connectivity index (χ4n) is 4.66. The molecule has 3 fully saturated rings. The Morgan fingerprint density at radius 1 is 1.18 bits per heavy atom. The van der Waals surface area contributed by atoms with Crippen LogP contribution in [-0.2, 0) is 14.8 Å². The van der Waals surface area contributed by atoms with E-state index in [4.69, 9.17) is 4.74 Å². The van der Waals surface area contributed by atoms with Gasteiger partial charge in [-0.15, -0.1) is 11.3 Å². The Bertz CT molecular complexity index is 1350. The van der Waals surface area contributed by atoms with Crippen molar-refractivity contribution in [3.05, 3.63) is 29.4 Å². The summed E-state index contributed by atoms with van der Waals surface area (Å²) in [6, 6.07) is 3.23. The zero-order valence-electron chi connectivity index (χ0n) is 18.6. The van der Waals surface area contributed by atoms with E-state index in [1.807, 2.05) is 6.92 Å². The minimum Gasteiger partial charge on any atom is -0.380 e. The molecule has 2 saturated heterocycles. The molecule has 3 aromatic heterocycles. The molecule has 6 rings (SSSR count). The first-order valence-electron chi connectivity index (χ1n) is 11.3. The second-order valence-electron chi connectivity index (χ2n) is 9.93. The van der Waals surface area contributed by atoms with Crippen LogP contribution in [0.4, 0.5) is 14.6 Å². The standard InChI is InChI=1S/C22H25F2N5O3S2/c1-21(2-3-21)27-34(30,31)14-8-17-15(20-26-16(11-33-20)19(23)24)10-25-29(17)18(9-14)28-6-4-22(5-7-28)12-32-13-22/h8-11,19,27H,2-7,12-13H2,1H3. The van der Waals surface area contributed by atoms with Crippen molar-refractivity contribution in [2.45, 2.75) is 49.5 Å². The van der Waals surface area contributed by atoms with Crippen molar-refractivity contribution in [1.29, 1.82) is 0 Å². The molecule has 3 aliphatic rings. The molecule has 8 nitrogen and oxygen atoms in total. The van der Waals surface area contributed by atoms with E-state index in [2.05, 4.69) is 19.7 Å². The molecule has 1 spiro atoms. The molecule has 0 amide bonds. The van der Waals surface area contributed by atoms with Crippen molar-refractivity contribution in [3.8, 4) is 10.6 Å². The lowest BCUT2D eigenvalue weighted by molar-refractivity contribution is -0.124. The van der Waals surface area contributed by atoms with E-state index in [-0.39, 0.29) is 16.0 Å². The number of nitrogens with zero attached hydrogens (tertiary/aromatic N) is 4. The van der Waals surface area contributed by atoms with E-state index < -0.39 is 22.0 Å². The summed E-state index contributed by atoms with van der Waals surface area (Å²) in [5, 5.41) is 6.23. The lowest BCUT2D eigenvalue weighted by atomic mass is 9.77. The fourth-order valence-corrected chi connectivity index (χ4v) is 6.99. The lowest BCUT2D eigenvalue weighted by Crippen LogP contribution is -2.51. The second kappa shape index (κ2) is 7.67. The van der Waals surface area contributed by atoms with Crippen molar-refractivity contribution in [2.24, 2.45) is 5.41 Å². The average Bonchev–Trinajstić information content (AvgIpc) is 3.18. The van der Waals surface area contributed by atoms with Gasteiger partial charge in [-0.2, -0.15) is 5.10 Å². The van der Waals surface area contributed by atoms with Gasteiger partial charge < -0.3 is 9.64 Å². The highest BCUT2D eigenvalue weighted by molar-refractivity contribution is 7.89. The van der Waals surface area contributed by atoms with Gasteiger partial charge in [-0.3, -0.25) is 0 Å². The summed E-state index contributed by atoms with van der Waals surface area (Å²) in [4.78, 5) is 6.36. The Hall–Kier alpha value is -2.15. The smallest absolute Gasteiger partial charge is 0.281 e. The summed E-state index contributed by atoms with van der Waals surface area (Å²) in [5.74, 6) is 0.672. The molecule has 0 bridgehead atoms. The molecule has 34 heavy (non-hydrogen) atoms. The third-order valence-electron chi connectivity index (χ3n) is 7.21. The summed E-state index contributed by atoms with van der Waals surface area (Å²) in [7, 11) is -3.78. The summed E-state index contributed by atoms with van der Waals surface area (Å²) < 4.78 is 62.8. The van der Waals surface area contributed by atoms with Gasteiger partial charge in [0.15, 0.2) is 0 Å². The molecule has 1 aliphatic carbocycles. The number of anilines is 1. The van der Waals surface area contributed by atoms with E-state index in [1.165, 1.54) is 5.38 Å². The van der Waals surface area contributed by atoms with Crippen LogP contribution in [0.2, 0.25) is 0 Å². The van der Waals surface area contributed by atoms with Crippen LogP contribution in [-0.4, -0.2) is 54.9 Å². The van der Waals surface area contributed by atoms with Crippen LogP contribution < -0.4 is 9.62 Å². The molecule has 0 unspecified atom stereocenters. The van der Waals surface area contributed by atoms with E-state index in [9.17, 15) is 17.2 Å². The van der Waals surface area contributed by atoms with Gasteiger partial charge in [-0.05, 0) is 38.7 Å². The molecule has 2 aliphatic heterocycles. The van der Waals surface area contributed by atoms with E-state index in [1.54, 1.807) is 22.8 Å². The van der Waals surface area contributed by atoms with Crippen molar-refractivity contribution < 1.29 is 21.9 Å². The number of hydrogen-bond donors (Lipinski definition) is 1. The maximum Gasteiger partial charge on any atom is 0.281 e. The molecule has 3 aromatic rings. The predicted octanol–water partition coefficient (Wildman–Crippen LogP) is 3.84. The molecule has 0 atom stereocenters. The van der Waals surface area contributed by atoms with E-state index >= 15 is 0 Å². The number of sulfonamides is 1. The number of rotatable bonds is 6. The maximum atomic E-state index is 13.3. The highest BCUT2D eigenvalue weighted by Gasteiger charge is 2.43. The first-order chi connectivity index (χ1) is 16.2. The van der Waals surface area contributed by atoms with Crippen LogP contribution in [0.1, 0.15) is 44.7 Å². The minimum atomic E-state index is -3.78. The number of aromatic nitrogens is 3. The summed E-state index contributed by atoms with van der Waals surface area (Å²) in [5.41, 5.74) is 0.575. The number of pyridine rings is 1. The largest absolute Gasteiger partial charge is 0.380 e. The number of ether oxygens (including phenoxy) is 1. The average molecular weight is 510 g/mol. The second-order valence-corrected chi connectivity index (χ2v) is 12.5. The summed E-state index contributed by atoms with van der Waals surface area (Å²) in [6.07, 6.45) is 2.42. The zero-order valence-corrected chi connectivity index (χ0v) is 20.3. The molecule has 182 valence electrons. The number of nitrogens with one attached hydrogen (secondary N) is 1. The SMILES string of the molecule is CC1(NS(=O)(=O)c2cc(N3CCC4(CC3)COC4)n3ncc(-c4nc(C(F)F)cs4)c3c2)CC1. The molecule has 5 heterocycles. The normalized spacial score (nSPS) is 21.4. The number of fused-ring (bicyclic) bond motifs is 1. The molecule has 12 heteroatoms. The number of piperidine rings is 1. The number of thiazole rings is 1. The molecule has 1 saturated carbocycles. The van der Waals surface area contributed by atoms with Crippen LogP contribution in [0.25, 0.3) is 16.1 Å². The first kappa shape index (κ1) is 22.3. The maximum absolute atomic E-state index is 13.3. The molecule has 0 radical (unpaired) electrons. The van der Waals surface area contributed by atoms with Gasteiger partial charge in [-0.25, -0.2) is 31.4 Å². The Morgan fingerprint density at radius 3 is 2.50 bits per heavy atom. The third kappa shape index (κ3) is 3.80. The Labute approximate surface area is 200 Å². The van der Waals surface area contributed by atoms with Crippen LogP contribution in [0, 0.1) is 5.41 Å². The zero-order chi connectivity index (χ0) is 23.7. The van der Waals surface area contributed by atoms with Crippen molar-refractivity contribution in [1.82, 2.24) is 19.3 Å². The number of alkyl halides is 2. The highest BCUT2D eigenvalue weighted by Crippen LogP contribution is 2.41. The Balaban J connectivity index is 1.45. The van der Waals surface area contributed by atoms with Gasteiger partial charge >= 0.3 is 0 Å². The topological polar surface area (TPSA) is 88.8 Å². The Morgan fingerprint density at radius 2 is 1.91 bits per heavy atom. The number of halogens is 2. The lowest BCUT2D eigenvalue weighted by Gasteiger charge is -2.47. The van der Waals surface area contributed by atoms with Crippen molar-refractivity contribution in [2.75, 3.05) is 31.2 Å². The van der Waals surface area contributed by atoms with E-state index in [0.29, 0.717) is 21.9 Å².